The average molecular weight is 318 g/mol. The Bertz CT molecular complexity index is 713. The quantitative estimate of drug-likeness (QED) is 0.841. The molecule has 0 saturated carbocycles. The van der Waals surface area contributed by atoms with E-state index in [0.29, 0.717) is 34.2 Å². The number of benzene rings is 2. The van der Waals surface area contributed by atoms with Gasteiger partial charge in [-0.3, -0.25) is 9.59 Å². The molecule has 0 saturated heterocycles. The number of carbonyl (C=O) groups excluding carboxylic acids is 2. The molecular formula is C17H16ClNO3. The number of anilines is 1. The molecule has 0 aliphatic heterocycles. The highest BCUT2D eigenvalue weighted by atomic mass is 35.5. The summed E-state index contributed by atoms with van der Waals surface area (Å²) in [4.78, 5) is 23.7. The van der Waals surface area contributed by atoms with Gasteiger partial charge in [-0.2, -0.15) is 0 Å². The molecule has 0 atom stereocenters. The third-order valence-corrected chi connectivity index (χ3v) is 3.36. The minimum atomic E-state index is -0.316. The Hall–Kier alpha value is -2.33. The highest BCUT2D eigenvalue weighted by Crippen LogP contribution is 2.24. The summed E-state index contributed by atoms with van der Waals surface area (Å²) < 4.78 is 5.37. The molecular weight excluding hydrogens is 302 g/mol. The van der Waals surface area contributed by atoms with E-state index < -0.39 is 0 Å². The fourth-order valence-electron chi connectivity index (χ4n) is 1.93. The third-order valence-electron chi connectivity index (χ3n) is 3.03. The first kappa shape index (κ1) is 16.0. The van der Waals surface area contributed by atoms with Gasteiger partial charge in [0.2, 0.25) is 0 Å². The second-order valence-electron chi connectivity index (χ2n) is 4.67. The van der Waals surface area contributed by atoms with Crippen molar-refractivity contribution in [3.8, 4) is 5.75 Å². The Morgan fingerprint density at radius 3 is 2.59 bits per heavy atom. The first-order valence-electron chi connectivity index (χ1n) is 6.86. The van der Waals surface area contributed by atoms with Crippen LogP contribution in [0.3, 0.4) is 0 Å². The van der Waals surface area contributed by atoms with E-state index >= 15 is 0 Å². The summed E-state index contributed by atoms with van der Waals surface area (Å²) in [6, 6.07) is 11.6. The van der Waals surface area contributed by atoms with Crippen molar-refractivity contribution in [3.63, 3.8) is 0 Å². The number of rotatable bonds is 5. The van der Waals surface area contributed by atoms with Gasteiger partial charge in [0, 0.05) is 11.1 Å². The molecule has 0 unspecified atom stereocenters. The fraction of sp³-hybridized carbons (Fsp3) is 0.176. The van der Waals surface area contributed by atoms with E-state index in [1.54, 1.807) is 42.5 Å². The van der Waals surface area contributed by atoms with Crippen LogP contribution in [0.2, 0.25) is 5.02 Å². The molecule has 0 aliphatic rings. The maximum atomic E-state index is 12.3. The Balaban J connectivity index is 2.23. The normalized spacial score (nSPS) is 10.1. The van der Waals surface area contributed by atoms with Gasteiger partial charge in [0.1, 0.15) is 5.75 Å². The number of halogens is 1. The van der Waals surface area contributed by atoms with Crippen molar-refractivity contribution in [3.05, 3.63) is 58.6 Å². The molecule has 22 heavy (non-hydrogen) atoms. The summed E-state index contributed by atoms with van der Waals surface area (Å²) in [7, 11) is 0. The second kappa shape index (κ2) is 7.09. The van der Waals surface area contributed by atoms with Gasteiger partial charge in [0.05, 0.1) is 17.3 Å². The molecule has 4 nitrogen and oxygen atoms in total. The van der Waals surface area contributed by atoms with E-state index in [1.165, 1.54) is 6.92 Å². The number of ether oxygens (including phenoxy) is 1. The minimum absolute atomic E-state index is 0.0921. The summed E-state index contributed by atoms with van der Waals surface area (Å²) >= 11 is 6.06. The molecule has 0 aliphatic carbocycles. The fourth-order valence-corrected chi connectivity index (χ4v) is 2.09. The van der Waals surface area contributed by atoms with Crippen molar-refractivity contribution in [2.75, 3.05) is 11.9 Å². The lowest BCUT2D eigenvalue weighted by Crippen LogP contribution is -2.13. The van der Waals surface area contributed by atoms with Gasteiger partial charge >= 0.3 is 0 Å². The number of ketones is 1. The molecule has 1 amide bonds. The van der Waals surface area contributed by atoms with Crippen LogP contribution in [0.4, 0.5) is 5.69 Å². The lowest BCUT2D eigenvalue weighted by molar-refractivity contribution is 0.101. The monoisotopic (exact) mass is 317 g/mol. The predicted octanol–water partition coefficient (Wildman–Crippen LogP) is 4.19. The summed E-state index contributed by atoms with van der Waals surface area (Å²) in [5.41, 5.74) is 1.35. The minimum Gasteiger partial charge on any atom is -0.494 e. The van der Waals surface area contributed by atoms with Crippen LogP contribution >= 0.6 is 11.6 Å². The molecule has 0 fully saturated rings. The van der Waals surface area contributed by atoms with E-state index in [2.05, 4.69) is 5.32 Å². The first-order valence-corrected chi connectivity index (χ1v) is 7.23. The summed E-state index contributed by atoms with van der Waals surface area (Å²) in [5, 5.41) is 3.09. The number of Topliss-reactive ketones (excluding diaryl/α,β-unsaturated/α-hetero) is 1. The van der Waals surface area contributed by atoms with Gasteiger partial charge in [-0.25, -0.2) is 0 Å². The third kappa shape index (κ3) is 3.86. The molecule has 5 heteroatoms. The Labute approximate surface area is 134 Å². The highest BCUT2D eigenvalue weighted by molar-refractivity contribution is 6.34. The lowest BCUT2D eigenvalue weighted by Gasteiger charge is -2.10. The molecule has 0 heterocycles. The first-order chi connectivity index (χ1) is 10.5. The number of nitrogens with one attached hydrogen (secondary N) is 1. The average Bonchev–Trinajstić information content (AvgIpc) is 2.50. The zero-order chi connectivity index (χ0) is 16.1. The summed E-state index contributed by atoms with van der Waals surface area (Å²) in [6.07, 6.45) is 0. The molecule has 114 valence electrons. The molecule has 0 bridgehead atoms. The Kier molecular flexibility index (Phi) is 5.17. The van der Waals surface area contributed by atoms with E-state index in [1.807, 2.05) is 6.92 Å². The van der Waals surface area contributed by atoms with Crippen molar-refractivity contribution in [2.24, 2.45) is 0 Å². The Morgan fingerprint density at radius 1 is 1.14 bits per heavy atom. The Morgan fingerprint density at radius 2 is 1.91 bits per heavy atom. The van der Waals surface area contributed by atoms with Crippen molar-refractivity contribution < 1.29 is 14.3 Å². The van der Waals surface area contributed by atoms with Crippen molar-refractivity contribution in [1.82, 2.24) is 0 Å². The van der Waals surface area contributed by atoms with Gasteiger partial charge < -0.3 is 10.1 Å². The van der Waals surface area contributed by atoms with Gasteiger partial charge in [-0.05, 0) is 50.2 Å². The molecule has 1 N–H and O–H groups in total. The zero-order valence-electron chi connectivity index (χ0n) is 12.4. The van der Waals surface area contributed by atoms with Crippen LogP contribution in [0.5, 0.6) is 5.75 Å². The van der Waals surface area contributed by atoms with Gasteiger partial charge in [-0.1, -0.05) is 17.7 Å². The van der Waals surface area contributed by atoms with Crippen LogP contribution in [-0.2, 0) is 0 Å². The van der Waals surface area contributed by atoms with Crippen LogP contribution < -0.4 is 10.1 Å². The topological polar surface area (TPSA) is 55.4 Å². The second-order valence-corrected chi connectivity index (χ2v) is 5.07. The van der Waals surface area contributed by atoms with Crippen LogP contribution in [0.25, 0.3) is 0 Å². The summed E-state index contributed by atoms with van der Waals surface area (Å²) in [5.74, 6) is 0.216. The molecule has 0 spiro atoms. The van der Waals surface area contributed by atoms with E-state index in [4.69, 9.17) is 16.3 Å². The van der Waals surface area contributed by atoms with Crippen molar-refractivity contribution in [1.29, 1.82) is 0 Å². The maximum absolute atomic E-state index is 12.3. The lowest BCUT2D eigenvalue weighted by atomic mass is 10.1. The maximum Gasteiger partial charge on any atom is 0.255 e. The molecule has 0 aromatic heterocycles. The standard InChI is InChI=1S/C17H16ClNO3/c1-3-22-14-6-4-5-13(9-14)17(21)19-16-10-12(11(2)20)7-8-15(16)18/h4-10H,3H2,1-2H3,(H,19,21). The molecule has 2 aromatic carbocycles. The van der Waals surface area contributed by atoms with E-state index in [-0.39, 0.29) is 11.7 Å². The van der Waals surface area contributed by atoms with Gasteiger partial charge in [0.15, 0.2) is 5.78 Å². The smallest absolute Gasteiger partial charge is 0.255 e. The number of hydrogen-bond donors (Lipinski definition) is 1. The van der Waals surface area contributed by atoms with Crippen LogP contribution in [0, 0.1) is 0 Å². The molecule has 2 rings (SSSR count). The molecule has 2 aromatic rings. The predicted molar refractivity (Wildman–Crippen MR) is 87.0 cm³/mol. The zero-order valence-corrected chi connectivity index (χ0v) is 13.1. The highest BCUT2D eigenvalue weighted by Gasteiger charge is 2.11. The number of amides is 1. The van der Waals surface area contributed by atoms with Crippen LogP contribution in [0.1, 0.15) is 34.6 Å². The SMILES string of the molecule is CCOc1cccc(C(=O)Nc2cc(C(C)=O)ccc2Cl)c1. The van der Waals surface area contributed by atoms with Crippen LogP contribution in [-0.4, -0.2) is 18.3 Å². The summed E-state index contributed by atoms with van der Waals surface area (Å²) in [6.45, 7) is 3.86. The number of hydrogen-bond acceptors (Lipinski definition) is 3. The number of carbonyl (C=O) groups is 2. The van der Waals surface area contributed by atoms with E-state index in [0.717, 1.165) is 0 Å². The van der Waals surface area contributed by atoms with Crippen LogP contribution in [0.15, 0.2) is 42.5 Å². The largest absolute Gasteiger partial charge is 0.494 e. The molecule has 0 radical (unpaired) electrons. The van der Waals surface area contributed by atoms with E-state index in [9.17, 15) is 9.59 Å². The van der Waals surface area contributed by atoms with Crippen molar-refractivity contribution >= 4 is 29.0 Å². The van der Waals surface area contributed by atoms with Gasteiger partial charge in [0.25, 0.3) is 5.91 Å². The van der Waals surface area contributed by atoms with Gasteiger partial charge in [-0.15, -0.1) is 0 Å². The van der Waals surface area contributed by atoms with Crippen molar-refractivity contribution in [2.45, 2.75) is 13.8 Å².